The number of halogens is 2. The summed E-state index contributed by atoms with van der Waals surface area (Å²) in [4.78, 5) is 16.9. The van der Waals surface area contributed by atoms with Gasteiger partial charge in [0.15, 0.2) is 12.7 Å². The molecule has 0 bridgehead atoms. The van der Waals surface area contributed by atoms with Gasteiger partial charge < -0.3 is 19.0 Å². The van der Waals surface area contributed by atoms with Gasteiger partial charge in [0.1, 0.15) is 23.9 Å². The summed E-state index contributed by atoms with van der Waals surface area (Å²) in [7, 11) is 0. The molecule has 0 spiro atoms. The number of hydrogen-bond donors (Lipinski definition) is 0. The first-order valence-electron chi connectivity index (χ1n) is 8.54. The minimum Gasteiger partial charge on any atom is -0.479 e. The minimum absolute atomic E-state index is 0.104. The Labute approximate surface area is 182 Å². The lowest BCUT2D eigenvalue weighted by atomic mass is 10.3. The van der Waals surface area contributed by atoms with E-state index in [1.165, 1.54) is 0 Å². The smallest absolute Gasteiger partial charge is 0.347 e. The van der Waals surface area contributed by atoms with Crippen molar-refractivity contribution in [2.24, 2.45) is 5.16 Å². The van der Waals surface area contributed by atoms with Crippen LogP contribution in [0.2, 0.25) is 5.02 Å². The van der Waals surface area contributed by atoms with Crippen molar-refractivity contribution in [2.45, 2.75) is 26.9 Å². The van der Waals surface area contributed by atoms with Crippen LogP contribution in [-0.2, 0) is 14.4 Å². The van der Waals surface area contributed by atoms with Crippen LogP contribution in [0.4, 0.5) is 0 Å². The van der Waals surface area contributed by atoms with Crippen LogP contribution >= 0.6 is 34.2 Å². The molecule has 150 valence electrons. The van der Waals surface area contributed by atoms with Gasteiger partial charge in [0.25, 0.3) is 0 Å². The van der Waals surface area contributed by atoms with Gasteiger partial charge in [-0.2, -0.15) is 0 Å². The molecule has 0 amide bonds. The highest BCUT2D eigenvalue weighted by Crippen LogP contribution is 2.31. The van der Waals surface area contributed by atoms with Crippen LogP contribution in [0, 0.1) is 3.57 Å². The van der Waals surface area contributed by atoms with E-state index in [1.807, 2.05) is 32.0 Å². The third kappa shape index (κ3) is 7.55. The Balaban J connectivity index is 1.82. The van der Waals surface area contributed by atoms with Gasteiger partial charge >= 0.3 is 5.97 Å². The third-order valence-electron chi connectivity index (χ3n) is 3.26. The fraction of sp³-hybridized carbons (Fsp3) is 0.300. The molecule has 0 heterocycles. The molecule has 0 aliphatic rings. The second kappa shape index (κ2) is 11.1. The van der Waals surface area contributed by atoms with E-state index < -0.39 is 12.1 Å². The van der Waals surface area contributed by atoms with E-state index in [-0.39, 0.29) is 13.2 Å². The minimum atomic E-state index is -0.756. The number of benzene rings is 2. The molecule has 0 fully saturated rings. The second-order valence-electron chi connectivity index (χ2n) is 5.95. The predicted octanol–water partition coefficient (Wildman–Crippen LogP) is 5.46. The summed E-state index contributed by atoms with van der Waals surface area (Å²) >= 11 is 8.35. The van der Waals surface area contributed by atoms with Crippen molar-refractivity contribution in [3.05, 3.63) is 51.1 Å². The van der Waals surface area contributed by atoms with Crippen LogP contribution in [-0.4, -0.2) is 31.0 Å². The zero-order valence-electron chi connectivity index (χ0n) is 15.8. The molecule has 8 heteroatoms. The fourth-order valence-electron chi connectivity index (χ4n) is 2.00. The molecule has 0 N–H and O–H groups in total. The van der Waals surface area contributed by atoms with Crippen LogP contribution in [0.5, 0.6) is 17.2 Å². The number of rotatable bonds is 9. The zero-order chi connectivity index (χ0) is 20.5. The normalized spacial score (nSPS) is 11.3. The van der Waals surface area contributed by atoms with Gasteiger partial charge in [-0.3, -0.25) is 0 Å². The molecular formula is C20H21ClINO5. The van der Waals surface area contributed by atoms with Crippen molar-refractivity contribution >= 4 is 45.9 Å². The van der Waals surface area contributed by atoms with Crippen LogP contribution in [0.15, 0.2) is 47.6 Å². The molecule has 1 atom stereocenters. The molecule has 0 saturated carbocycles. The molecule has 6 nitrogen and oxygen atoms in total. The Morgan fingerprint density at radius 3 is 2.43 bits per heavy atom. The van der Waals surface area contributed by atoms with E-state index in [9.17, 15) is 4.79 Å². The van der Waals surface area contributed by atoms with E-state index in [1.54, 1.807) is 31.2 Å². The average Bonchev–Trinajstić information content (AvgIpc) is 2.64. The quantitative estimate of drug-likeness (QED) is 0.145. The molecule has 0 unspecified atom stereocenters. The van der Waals surface area contributed by atoms with Crippen LogP contribution in [0.3, 0.4) is 0 Å². The Hall–Kier alpha value is -2.00. The van der Waals surface area contributed by atoms with Crippen molar-refractivity contribution < 1.29 is 23.8 Å². The van der Waals surface area contributed by atoms with Gasteiger partial charge in [-0.15, -0.1) is 0 Å². The average molecular weight is 518 g/mol. The topological polar surface area (TPSA) is 66.4 Å². The number of ether oxygens (including phenoxy) is 3. The molecule has 0 saturated heterocycles. The number of esters is 1. The molecule has 0 aromatic heterocycles. The maximum atomic E-state index is 11.9. The largest absolute Gasteiger partial charge is 0.479 e. The summed E-state index contributed by atoms with van der Waals surface area (Å²) in [5.41, 5.74) is 0.791. The maximum Gasteiger partial charge on any atom is 0.347 e. The first kappa shape index (κ1) is 22.3. The van der Waals surface area contributed by atoms with E-state index in [0.29, 0.717) is 22.3 Å². The van der Waals surface area contributed by atoms with E-state index >= 15 is 0 Å². The molecule has 28 heavy (non-hydrogen) atoms. The Kier molecular flexibility index (Phi) is 8.85. The standard InChI is InChI=1S/C20H21ClINO5/c1-13(2)23-26-11-10-25-20(24)14(3)27-16-5-7-17(8-6-16)28-19-9-4-15(22)12-18(19)21/h4-9,12,14H,10-11H2,1-3H3/t14-/m1/s1. The summed E-state index contributed by atoms with van der Waals surface area (Å²) in [6.07, 6.45) is -0.756. The highest BCUT2D eigenvalue weighted by Gasteiger charge is 2.16. The number of oxime groups is 1. The summed E-state index contributed by atoms with van der Waals surface area (Å²) in [5.74, 6) is 1.21. The number of hydrogen-bond acceptors (Lipinski definition) is 6. The van der Waals surface area contributed by atoms with Crippen molar-refractivity contribution in [3.8, 4) is 17.2 Å². The van der Waals surface area contributed by atoms with E-state index in [4.69, 9.17) is 30.6 Å². The van der Waals surface area contributed by atoms with E-state index in [0.717, 1.165) is 9.28 Å². The summed E-state index contributed by atoms with van der Waals surface area (Å²) < 4.78 is 17.5. The van der Waals surface area contributed by atoms with Gasteiger partial charge in [-0.05, 0) is 85.8 Å². The van der Waals surface area contributed by atoms with Crippen LogP contribution in [0.25, 0.3) is 0 Å². The first-order chi connectivity index (χ1) is 13.3. The third-order valence-corrected chi connectivity index (χ3v) is 4.22. The summed E-state index contributed by atoms with van der Waals surface area (Å²) in [5, 5.41) is 4.29. The van der Waals surface area contributed by atoms with E-state index in [2.05, 4.69) is 27.7 Å². The van der Waals surface area contributed by atoms with Gasteiger partial charge in [0.2, 0.25) is 0 Å². The van der Waals surface area contributed by atoms with Crippen molar-refractivity contribution in [2.75, 3.05) is 13.2 Å². The summed E-state index contributed by atoms with van der Waals surface area (Å²) in [6, 6.07) is 12.4. The molecular weight excluding hydrogens is 497 g/mol. The molecule has 2 rings (SSSR count). The van der Waals surface area contributed by atoms with Crippen LogP contribution < -0.4 is 9.47 Å². The van der Waals surface area contributed by atoms with Gasteiger partial charge in [-0.25, -0.2) is 4.79 Å². The van der Waals surface area contributed by atoms with Gasteiger partial charge in [0.05, 0.1) is 10.7 Å². The van der Waals surface area contributed by atoms with Gasteiger partial charge in [0, 0.05) is 3.57 Å². The highest BCUT2D eigenvalue weighted by molar-refractivity contribution is 14.1. The van der Waals surface area contributed by atoms with Crippen molar-refractivity contribution in [3.63, 3.8) is 0 Å². The number of carbonyl (C=O) groups is 1. The lowest BCUT2D eigenvalue weighted by Gasteiger charge is -2.14. The highest BCUT2D eigenvalue weighted by atomic mass is 127. The number of carbonyl (C=O) groups excluding carboxylic acids is 1. The monoisotopic (exact) mass is 517 g/mol. The molecule has 2 aromatic carbocycles. The Bertz CT molecular complexity index is 822. The predicted molar refractivity (Wildman–Crippen MR) is 116 cm³/mol. The van der Waals surface area contributed by atoms with Gasteiger partial charge in [-0.1, -0.05) is 16.8 Å². The summed E-state index contributed by atoms with van der Waals surface area (Å²) in [6.45, 7) is 5.54. The molecule has 0 aliphatic heterocycles. The number of nitrogens with zero attached hydrogens (tertiary/aromatic N) is 1. The lowest BCUT2D eigenvalue weighted by molar-refractivity contribution is -0.152. The first-order valence-corrected chi connectivity index (χ1v) is 10.00. The molecule has 0 radical (unpaired) electrons. The Morgan fingerprint density at radius 1 is 1.11 bits per heavy atom. The van der Waals surface area contributed by atoms with Crippen LogP contribution in [0.1, 0.15) is 20.8 Å². The Morgan fingerprint density at radius 2 is 1.79 bits per heavy atom. The fourth-order valence-corrected chi connectivity index (χ4v) is 2.89. The molecule has 0 aliphatic carbocycles. The zero-order valence-corrected chi connectivity index (χ0v) is 18.7. The second-order valence-corrected chi connectivity index (χ2v) is 7.60. The van der Waals surface area contributed by atoms with Crippen molar-refractivity contribution in [1.29, 1.82) is 0 Å². The molecule has 2 aromatic rings. The van der Waals surface area contributed by atoms with Crippen molar-refractivity contribution in [1.82, 2.24) is 0 Å². The maximum absolute atomic E-state index is 11.9. The SMILES string of the molecule is CC(C)=NOCCOC(=O)[C@@H](C)Oc1ccc(Oc2ccc(I)cc2Cl)cc1. The lowest BCUT2D eigenvalue weighted by Crippen LogP contribution is -2.27.